The van der Waals surface area contributed by atoms with E-state index >= 15 is 0 Å². The number of aliphatic hydroxyl groups excluding tert-OH is 1. The Bertz CT molecular complexity index is 566. The maximum atomic E-state index is 14.0. The molecule has 0 aliphatic rings. The summed E-state index contributed by atoms with van der Waals surface area (Å²) in [6.07, 6.45) is 3.00. The molecule has 5 heteroatoms. The van der Waals surface area contributed by atoms with Crippen LogP contribution < -0.4 is 4.90 Å². The molecule has 0 fully saturated rings. The van der Waals surface area contributed by atoms with Gasteiger partial charge in [-0.15, -0.1) is 0 Å². The van der Waals surface area contributed by atoms with Gasteiger partial charge in [0.1, 0.15) is 5.82 Å². The van der Waals surface area contributed by atoms with Crippen LogP contribution in [0, 0.1) is 5.82 Å². The van der Waals surface area contributed by atoms with Crippen molar-refractivity contribution in [3.63, 3.8) is 0 Å². The number of aryl methyl sites for hydroxylation is 1. The molecule has 102 valence electrons. The fourth-order valence-electron chi connectivity index (χ4n) is 2.01. The molecule has 1 atom stereocenters. The Labute approximate surface area is 112 Å². The number of rotatable bonds is 4. The van der Waals surface area contributed by atoms with Gasteiger partial charge < -0.3 is 10.0 Å². The number of anilines is 1. The standard InChI is InChI=1S/C14H18FN3O/c1-10(19)12-4-5-14(13(15)6-12)17(2)8-11-7-16-18(3)9-11/h4-7,9-10,19H,8H2,1-3H3. The molecule has 1 unspecified atom stereocenters. The molecule has 0 radical (unpaired) electrons. The lowest BCUT2D eigenvalue weighted by atomic mass is 10.1. The van der Waals surface area contributed by atoms with Crippen LogP contribution >= 0.6 is 0 Å². The molecule has 0 spiro atoms. The Morgan fingerprint density at radius 3 is 2.74 bits per heavy atom. The van der Waals surface area contributed by atoms with Gasteiger partial charge in [0, 0.05) is 32.4 Å². The molecule has 0 aliphatic heterocycles. The van der Waals surface area contributed by atoms with E-state index in [4.69, 9.17) is 0 Å². The number of hydrogen-bond donors (Lipinski definition) is 1. The summed E-state index contributed by atoms with van der Waals surface area (Å²) in [5.74, 6) is -0.329. The zero-order valence-corrected chi connectivity index (χ0v) is 11.3. The number of aliphatic hydroxyl groups is 1. The van der Waals surface area contributed by atoms with E-state index in [1.807, 2.05) is 25.2 Å². The van der Waals surface area contributed by atoms with Gasteiger partial charge in [0.05, 0.1) is 18.0 Å². The fourth-order valence-corrected chi connectivity index (χ4v) is 2.01. The molecule has 0 saturated heterocycles. The lowest BCUT2D eigenvalue weighted by molar-refractivity contribution is 0.199. The summed E-state index contributed by atoms with van der Waals surface area (Å²) in [5, 5.41) is 13.5. The minimum atomic E-state index is -0.660. The summed E-state index contributed by atoms with van der Waals surface area (Å²) in [5.41, 5.74) is 2.10. The maximum Gasteiger partial charge on any atom is 0.146 e. The van der Waals surface area contributed by atoms with Crippen molar-refractivity contribution < 1.29 is 9.50 Å². The highest BCUT2D eigenvalue weighted by Gasteiger charge is 2.11. The second kappa shape index (κ2) is 5.40. The molecular weight excluding hydrogens is 245 g/mol. The third-order valence-electron chi connectivity index (χ3n) is 3.04. The van der Waals surface area contributed by atoms with Crippen molar-refractivity contribution in [2.45, 2.75) is 19.6 Å². The predicted molar refractivity (Wildman–Crippen MR) is 72.3 cm³/mol. The minimum absolute atomic E-state index is 0.329. The van der Waals surface area contributed by atoms with Gasteiger partial charge in [-0.25, -0.2) is 4.39 Å². The molecule has 1 heterocycles. The van der Waals surface area contributed by atoms with Gasteiger partial charge in [0.2, 0.25) is 0 Å². The normalized spacial score (nSPS) is 12.5. The van der Waals surface area contributed by atoms with Gasteiger partial charge in [-0.05, 0) is 24.6 Å². The van der Waals surface area contributed by atoms with Crippen LogP contribution in [-0.4, -0.2) is 21.9 Å². The van der Waals surface area contributed by atoms with Crippen LogP contribution in [-0.2, 0) is 13.6 Å². The summed E-state index contributed by atoms with van der Waals surface area (Å²) in [4.78, 5) is 1.82. The Morgan fingerprint density at radius 1 is 1.47 bits per heavy atom. The molecule has 1 N–H and O–H groups in total. The summed E-state index contributed by atoms with van der Waals surface area (Å²) in [6, 6.07) is 4.80. The van der Waals surface area contributed by atoms with E-state index in [2.05, 4.69) is 5.10 Å². The Kier molecular flexibility index (Phi) is 3.85. The summed E-state index contributed by atoms with van der Waals surface area (Å²) < 4.78 is 15.7. The average molecular weight is 263 g/mol. The monoisotopic (exact) mass is 263 g/mol. The van der Waals surface area contributed by atoms with Gasteiger partial charge in [-0.3, -0.25) is 4.68 Å². The molecule has 2 aromatic rings. The third-order valence-corrected chi connectivity index (χ3v) is 3.04. The first-order valence-corrected chi connectivity index (χ1v) is 6.13. The zero-order valence-electron chi connectivity index (χ0n) is 11.3. The Hall–Kier alpha value is -1.88. The summed E-state index contributed by atoms with van der Waals surface area (Å²) in [6.45, 7) is 2.20. The van der Waals surface area contributed by atoms with Crippen LogP contribution in [0.15, 0.2) is 30.6 Å². The predicted octanol–water partition coefficient (Wildman–Crippen LogP) is 2.25. The van der Waals surface area contributed by atoms with Crippen LogP contribution in [0.1, 0.15) is 24.2 Å². The molecule has 4 nitrogen and oxygen atoms in total. The van der Waals surface area contributed by atoms with E-state index in [0.29, 0.717) is 17.8 Å². The molecule has 1 aromatic heterocycles. The van der Waals surface area contributed by atoms with Gasteiger partial charge in [0.15, 0.2) is 0 Å². The lowest BCUT2D eigenvalue weighted by Gasteiger charge is -2.20. The first-order chi connectivity index (χ1) is 8.97. The van der Waals surface area contributed by atoms with Gasteiger partial charge >= 0.3 is 0 Å². The van der Waals surface area contributed by atoms with E-state index < -0.39 is 6.10 Å². The molecule has 0 aliphatic carbocycles. The van der Waals surface area contributed by atoms with Gasteiger partial charge in [-0.2, -0.15) is 5.10 Å². The molecular formula is C14H18FN3O. The van der Waals surface area contributed by atoms with Crippen molar-refractivity contribution in [3.8, 4) is 0 Å². The first kappa shape index (κ1) is 13.5. The Morgan fingerprint density at radius 2 is 2.21 bits per heavy atom. The number of hydrogen-bond acceptors (Lipinski definition) is 3. The van der Waals surface area contributed by atoms with Crippen LogP contribution in [0.4, 0.5) is 10.1 Å². The second-order valence-electron chi connectivity index (χ2n) is 4.77. The number of benzene rings is 1. The largest absolute Gasteiger partial charge is 0.389 e. The highest BCUT2D eigenvalue weighted by Crippen LogP contribution is 2.23. The molecule has 19 heavy (non-hydrogen) atoms. The van der Waals surface area contributed by atoms with E-state index in [1.54, 1.807) is 29.9 Å². The second-order valence-corrected chi connectivity index (χ2v) is 4.77. The van der Waals surface area contributed by atoms with Crippen LogP contribution in [0.25, 0.3) is 0 Å². The topological polar surface area (TPSA) is 41.3 Å². The lowest BCUT2D eigenvalue weighted by Crippen LogP contribution is -2.17. The van der Waals surface area contributed by atoms with Crippen molar-refractivity contribution in [2.75, 3.05) is 11.9 Å². The van der Waals surface area contributed by atoms with E-state index in [1.165, 1.54) is 6.07 Å². The van der Waals surface area contributed by atoms with Gasteiger partial charge in [0.25, 0.3) is 0 Å². The summed E-state index contributed by atoms with van der Waals surface area (Å²) >= 11 is 0. The van der Waals surface area contributed by atoms with E-state index in [9.17, 15) is 9.50 Å². The molecule has 1 aromatic carbocycles. The Balaban J connectivity index is 2.17. The van der Waals surface area contributed by atoms with E-state index in [-0.39, 0.29) is 5.82 Å². The quantitative estimate of drug-likeness (QED) is 0.920. The number of aromatic nitrogens is 2. The molecule has 0 amide bonds. The minimum Gasteiger partial charge on any atom is -0.389 e. The van der Waals surface area contributed by atoms with Crippen molar-refractivity contribution in [3.05, 3.63) is 47.5 Å². The maximum absolute atomic E-state index is 14.0. The van der Waals surface area contributed by atoms with E-state index in [0.717, 1.165) is 5.56 Å². The summed E-state index contributed by atoms with van der Waals surface area (Å²) in [7, 11) is 3.68. The SMILES string of the molecule is CC(O)c1ccc(N(C)Cc2cnn(C)c2)c(F)c1. The molecule has 0 saturated carbocycles. The van der Waals surface area contributed by atoms with Crippen molar-refractivity contribution in [1.29, 1.82) is 0 Å². The molecule has 2 rings (SSSR count). The molecule has 0 bridgehead atoms. The first-order valence-electron chi connectivity index (χ1n) is 6.13. The van der Waals surface area contributed by atoms with Crippen LogP contribution in [0.3, 0.4) is 0 Å². The highest BCUT2D eigenvalue weighted by molar-refractivity contribution is 5.49. The fraction of sp³-hybridized carbons (Fsp3) is 0.357. The third kappa shape index (κ3) is 3.12. The van der Waals surface area contributed by atoms with Crippen LogP contribution in [0.2, 0.25) is 0 Å². The van der Waals surface area contributed by atoms with Gasteiger partial charge in [-0.1, -0.05) is 6.07 Å². The zero-order chi connectivity index (χ0) is 14.0. The highest BCUT2D eigenvalue weighted by atomic mass is 19.1. The van der Waals surface area contributed by atoms with Crippen molar-refractivity contribution in [1.82, 2.24) is 9.78 Å². The number of nitrogens with zero attached hydrogens (tertiary/aromatic N) is 3. The average Bonchev–Trinajstić information content (AvgIpc) is 2.74. The smallest absolute Gasteiger partial charge is 0.146 e. The van der Waals surface area contributed by atoms with Crippen molar-refractivity contribution >= 4 is 5.69 Å². The number of halogens is 1. The van der Waals surface area contributed by atoms with Crippen molar-refractivity contribution in [2.24, 2.45) is 7.05 Å². The van der Waals surface area contributed by atoms with Crippen LogP contribution in [0.5, 0.6) is 0 Å².